The largest absolute Gasteiger partial charge is 0.383 e. The van der Waals surface area contributed by atoms with Gasteiger partial charge in [-0.3, -0.25) is 0 Å². The van der Waals surface area contributed by atoms with E-state index in [0.29, 0.717) is 19.0 Å². The molecule has 0 aliphatic carbocycles. The van der Waals surface area contributed by atoms with E-state index in [-0.39, 0.29) is 0 Å². The molecule has 2 aromatic carbocycles. The number of nitrogens with one attached hydrogen (secondary N) is 2. The Balaban J connectivity index is 1.95. The fourth-order valence-electron chi connectivity index (χ4n) is 2.62. The van der Waals surface area contributed by atoms with Crippen LogP contribution in [0.1, 0.15) is 11.1 Å². The van der Waals surface area contributed by atoms with Crippen LogP contribution in [-0.2, 0) is 4.74 Å². The summed E-state index contributed by atoms with van der Waals surface area (Å²) in [6.45, 7) is 5.51. The number of methoxy groups -OCH3 is 1. The van der Waals surface area contributed by atoms with E-state index in [2.05, 4.69) is 41.6 Å². The highest BCUT2D eigenvalue weighted by Gasteiger charge is 2.09. The van der Waals surface area contributed by atoms with Crippen LogP contribution < -0.4 is 10.6 Å². The van der Waals surface area contributed by atoms with E-state index >= 15 is 0 Å². The lowest BCUT2D eigenvalue weighted by Gasteiger charge is -2.14. The van der Waals surface area contributed by atoms with E-state index in [0.717, 1.165) is 22.9 Å². The minimum absolute atomic E-state index is 0.615. The van der Waals surface area contributed by atoms with Gasteiger partial charge in [-0.15, -0.1) is 0 Å². The molecule has 0 bridgehead atoms. The molecule has 5 heteroatoms. The van der Waals surface area contributed by atoms with E-state index in [1.165, 1.54) is 11.1 Å². The summed E-state index contributed by atoms with van der Waals surface area (Å²) in [5, 5.41) is 6.72. The zero-order valence-corrected chi connectivity index (χ0v) is 15.4. The fourth-order valence-corrected chi connectivity index (χ4v) is 2.62. The summed E-state index contributed by atoms with van der Waals surface area (Å²) in [5.74, 6) is 2.21. The number of hydrogen-bond donors (Lipinski definition) is 2. The van der Waals surface area contributed by atoms with Crippen LogP contribution in [0.25, 0.3) is 11.4 Å². The summed E-state index contributed by atoms with van der Waals surface area (Å²) in [7, 11) is 1.69. The molecule has 0 aliphatic rings. The third kappa shape index (κ3) is 4.37. The van der Waals surface area contributed by atoms with Gasteiger partial charge in [0.25, 0.3) is 0 Å². The van der Waals surface area contributed by atoms with Gasteiger partial charge >= 0.3 is 0 Å². The molecule has 3 rings (SSSR count). The molecule has 0 saturated heterocycles. The topological polar surface area (TPSA) is 59.1 Å². The second-order valence-corrected chi connectivity index (χ2v) is 6.12. The van der Waals surface area contributed by atoms with Crippen molar-refractivity contribution < 1.29 is 4.74 Å². The van der Waals surface area contributed by atoms with Crippen molar-refractivity contribution in [1.29, 1.82) is 0 Å². The number of benzene rings is 2. The van der Waals surface area contributed by atoms with Gasteiger partial charge in [0.05, 0.1) is 6.61 Å². The maximum absolute atomic E-state index is 5.11. The first-order chi connectivity index (χ1) is 12.7. The number of aromatic nitrogens is 2. The maximum atomic E-state index is 5.11. The molecule has 0 saturated carbocycles. The number of hydrogen-bond acceptors (Lipinski definition) is 5. The third-order valence-corrected chi connectivity index (χ3v) is 4.24. The first-order valence-corrected chi connectivity index (χ1v) is 8.68. The van der Waals surface area contributed by atoms with Gasteiger partial charge in [0, 0.05) is 31.0 Å². The van der Waals surface area contributed by atoms with Gasteiger partial charge in [-0.1, -0.05) is 42.5 Å². The van der Waals surface area contributed by atoms with Crippen LogP contribution in [0.4, 0.5) is 17.3 Å². The van der Waals surface area contributed by atoms with Gasteiger partial charge in [-0.2, -0.15) is 0 Å². The Morgan fingerprint density at radius 3 is 2.46 bits per heavy atom. The zero-order chi connectivity index (χ0) is 18.4. The Kier molecular flexibility index (Phi) is 5.81. The van der Waals surface area contributed by atoms with E-state index < -0.39 is 0 Å². The van der Waals surface area contributed by atoms with Crippen LogP contribution >= 0.6 is 0 Å². The third-order valence-electron chi connectivity index (χ3n) is 4.24. The molecule has 134 valence electrons. The predicted molar refractivity (Wildman–Crippen MR) is 107 cm³/mol. The number of nitrogens with zero attached hydrogens (tertiary/aromatic N) is 2. The lowest BCUT2D eigenvalue weighted by molar-refractivity contribution is 0.210. The molecule has 0 aliphatic heterocycles. The first-order valence-electron chi connectivity index (χ1n) is 8.68. The van der Waals surface area contributed by atoms with Crippen molar-refractivity contribution in [2.75, 3.05) is 30.9 Å². The maximum Gasteiger partial charge on any atom is 0.163 e. The van der Waals surface area contributed by atoms with Gasteiger partial charge in [-0.25, -0.2) is 9.97 Å². The molecule has 0 atom stereocenters. The smallest absolute Gasteiger partial charge is 0.163 e. The SMILES string of the molecule is COCCNc1cc(Nc2cccc(C)c2C)nc(-c2ccccc2)n1. The van der Waals surface area contributed by atoms with Crippen LogP contribution in [0.15, 0.2) is 54.6 Å². The quantitative estimate of drug-likeness (QED) is 0.613. The van der Waals surface area contributed by atoms with E-state index in [1.807, 2.05) is 42.5 Å². The van der Waals surface area contributed by atoms with Crippen LogP contribution in [0, 0.1) is 13.8 Å². The summed E-state index contributed by atoms with van der Waals surface area (Å²) >= 11 is 0. The van der Waals surface area contributed by atoms with E-state index in [4.69, 9.17) is 9.72 Å². The van der Waals surface area contributed by atoms with Crippen molar-refractivity contribution in [3.05, 3.63) is 65.7 Å². The van der Waals surface area contributed by atoms with Crippen molar-refractivity contribution in [3.8, 4) is 11.4 Å². The Morgan fingerprint density at radius 2 is 1.69 bits per heavy atom. The Morgan fingerprint density at radius 1 is 0.923 bits per heavy atom. The Hall–Kier alpha value is -2.92. The Bertz CT molecular complexity index is 865. The molecule has 1 heterocycles. The van der Waals surface area contributed by atoms with Crippen LogP contribution in [0.2, 0.25) is 0 Å². The Labute approximate surface area is 154 Å². The molecule has 2 N–H and O–H groups in total. The lowest BCUT2D eigenvalue weighted by Crippen LogP contribution is -2.10. The monoisotopic (exact) mass is 348 g/mol. The van der Waals surface area contributed by atoms with Gasteiger partial charge < -0.3 is 15.4 Å². The minimum atomic E-state index is 0.615. The van der Waals surface area contributed by atoms with Crippen molar-refractivity contribution in [3.63, 3.8) is 0 Å². The molecule has 5 nitrogen and oxygen atoms in total. The fraction of sp³-hybridized carbons (Fsp3) is 0.238. The van der Waals surface area contributed by atoms with Gasteiger partial charge in [0.1, 0.15) is 11.6 Å². The van der Waals surface area contributed by atoms with Crippen LogP contribution in [0.5, 0.6) is 0 Å². The molecular formula is C21H24N4O. The van der Waals surface area contributed by atoms with Gasteiger partial charge in [-0.05, 0) is 31.0 Å². The van der Waals surface area contributed by atoms with Crippen molar-refractivity contribution in [1.82, 2.24) is 9.97 Å². The highest BCUT2D eigenvalue weighted by Crippen LogP contribution is 2.25. The van der Waals surface area contributed by atoms with Crippen LogP contribution in [-0.4, -0.2) is 30.2 Å². The standard InChI is InChI=1S/C21H24N4O/c1-15-8-7-11-18(16(15)2)23-20-14-19(22-12-13-26-3)24-21(25-20)17-9-5-4-6-10-17/h4-11,14H,12-13H2,1-3H3,(H2,22,23,24,25). The molecule has 1 aromatic heterocycles. The minimum Gasteiger partial charge on any atom is -0.383 e. The number of anilines is 3. The molecule has 0 amide bonds. The van der Waals surface area contributed by atoms with E-state index in [1.54, 1.807) is 7.11 Å². The van der Waals surface area contributed by atoms with Crippen molar-refractivity contribution >= 4 is 17.3 Å². The molecular weight excluding hydrogens is 324 g/mol. The average Bonchev–Trinajstić information content (AvgIpc) is 2.66. The first kappa shape index (κ1) is 17.9. The molecule has 0 radical (unpaired) electrons. The summed E-state index contributed by atoms with van der Waals surface area (Å²) in [6.07, 6.45) is 0. The summed E-state index contributed by atoms with van der Waals surface area (Å²) in [5.41, 5.74) is 4.48. The summed E-state index contributed by atoms with van der Waals surface area (Å²) in [6, 6.07) is 18.1. The van der Waals surface area contributed by atoms with Crippen molar-refractivity contribution in [2.45, 2.75) is 13.8 Å². The molecule has 0 fully saturated rings. The second kappa shape index (κ2) is 8.45. The molecule has 3 aromatic rings. The number of rotatable bonds is 7. The van der Waals surface area contributed by atoms with Gasteiger partial charge in [0.2, 0.25) is 0 Å². The van der Waals surface area contributed by atoms with E-state index in [9.17, 15) is 0 Å². The molecule has 0 unspecified atom stereocenters. The summed E-state index contributed by atoms with van der Waals surface area (Å²) < 4.78 is 5.11. The lowest BCUT2D eigenvalue weighted by atomic mass is 10.1. The summed E-state index contributed by atoms with van der Waals surface area (Å²) in [4.78, 5) is 9.34. The van der Waals surface area contributed by atoms with Crippen LogP contribution in [0.3, 0.4) is 0 Å². The number of ether oxygens (including phenoxy) is 1. The average molecular weight is 348 g/mol. The highest BCUT2D eigenvalue weighted by molar-refractivity contribution is 5.67. The van der Waals surface area contributed by atoms with Gasteiger partial charge in [0.15, 0.2) is 5.82 Å². The predicted octanol–water partition coefficient (Wildman–Crippen LogP) is 4.56. The second-order valence-electron chi connectivity index (χ2n) is 6.12. The number of aryl methyl sites for hydroxylation is 1. The zero-order valence-electron chi connectivity index (χ0n) is 15.4. The molecule has 26 heavy (non-hydrogen) atoms. The normalized spacial score (nSPS) is 10.6. The van der Waals surface area contributed by atoms with Crippen molar-refractivity contribution in [2.24, 2.45) is 0 Å². The highest BCUT2D eigenvalue weighted by atomic mass is 16.5. The molecule has 0 spiro atoms.